The van der Waals surface area contributed by atoms with Crippen LogP contribution in [-0.4, -0.2) is 6.04 Å². The highest BCUT2D eigenvalue weighted by Gasteiger charge is 2.10. The normalized spacial score (nSPS) is 12.9. The molecule has 0 fully saturated rings. The van der Waals surface area contributed by atoms with Gasteiger partial charge in [-0.05, 0) is 30.9 Å². The molecule has 1 unspecified atom stereocenters. The summed E-state index contributed by atoms with van der Waals surface area (Å²) in [5, 5.41) is 0. The van der Waals surface area contributed by atoms with Gasteiger partial charge < -0.3 is 5.73 Å². The molecule has 0 spiro atoms. The lowest BCUT2D eigenvalue weighted by Gasteiger charge is -2.09. The summed E-state index contributed by atoms with van der Waals surface area (Å²) < 4.78 is 38.5. The second-order valence-corrected chi connectivity index (χ2v) is 3.56. The lowest BCUT2D eigenvalue weighted by molar-refractivity contribution is 0.486. The first kappa shape index (κ1) is 12.0. The van der Waals surface area contributed by atoms with E-state index in [2.05, 4.69) is 0 Å². The second kappa shape index (κ2) is 5.16. The summed E-state index contributed by atoms with van der Waals surface area (Å²) >= 11 is 0. The third-order valence-corrected chi connectivity index (χ3v) is 2.40. The Kier molecular flexibility index (Phi) is 4.15. The van der Waals surface area contributed by atoms with Gasteiger partial charge in [0.05, 0.1) is 0 Å². The van der Waals surface area contributed by atoms with Gasteiger partial charge in [-0.3, -0.25) is 0 Å². The van der Waals surface area contributed by atoms with Crippen LogP contribution in [0.3, 0.4) is 0 Å². The van der Waals surface area contributed by atoms with Crippen molar-refractivity contribution >= 4 is 0 Å². The molecular weight excluding hydrogens is 203 g/mol. The topological polar surface area (TPSA) is 26.0 Å². The molecule has 0 radical (unpaired) electrons. The molecule has 0 amide bonds. The van der Waals surface area contributed by atoms with Crippen molar-refractivity contribution in [1.29, 1.82) is 0 Å². The minimum Gasteiger partial charge on any atom is -0.328 e. The predicted molar refractivity (Wildman–Crippen MR) is 52.9 cm³/mol. The Labute approximate surface area is 87.1 Å². The van der Waals surface area contributed by atoms with Crippen molar-refractivity contribution in [2.24, 2.45) is 5.73 Å². The van der Waals surface area contributed by atoms with Crippen LogP contribution in [0.2, 0.25) is 0 Å². The van der Waals surface area contributed by atoms with E-state index in [1.54, 1.807) is 0 Å². The molecule has 0 bridgehead atoms. The molecule has 1 nitrogen and oxygen atoms in total. The minimum absolute atomic E-state index is 0.0301. The molecule has 0 aromatic heterocycles. The summed E-state index contributed by atoms with van der Waals surface area (Å²) in [6, 6.07) is 1.44. The summed E-state index contributed by atoms with van der Waals surface area (Å²) in [4.78, 5) is 0. The van der Waals surface area contributed by atoms with Crippen LogP contribution >= 0.6 is 0 Å². The Hall–Kier alpha value is -1.03. The van der Waals surface area contributed by atoms with Gasteiger partial charge >= 0.3 is 0 Å². The van der Waals surface area contributed by atoms with Crippen LogP contribution in [0.1, 0.15) is 25.3 Å². The molecule has 4 heteroatoms. The van der Waals surface area contributed by atoms with E-state index in [-0.39, 0.29) is 11.6 Å². The fraction of sp³-hybridized carbons (Fsp3) is 0.455. The molecule has 1 rings (SSSR count). The standard InChI is InChI=1S/C11H14F3N/c1-2-8(15)4-3-7-5-10(13)11(14)6-9(7)12/h5-6,8H,2-4,15H2,1H3. The highest BCUT2D eigenvalue weighted by atomic mass is 19.2. The molecule has 0 saturated carbocycles. The Morgan fingerprint density at radius 2 is 1.73 bits per heavy atom. The molecule has 0 aliphatic rings. The number of hydrogen-bond donors (Lipinski definition) is 1. The van der Waals surface area contributed by atoms with Crippen LogP contribution in [0.5, 0.6) is 0 Å². The molecule has 1 aromatic carbocycles. The summed E-state index contributed by atoms with van der Waals surface area (Å²) in [6.45, 7) is 1.92. The Morgan fingerprint density at radius 1 is 1.13 bits per heavy atom. The van der Waals surface area contributed by atoms with Crippen LogP contribution in [0.15, 0.2) is 12.1 Å². The molecule has 84 valence electrons. The zero-order chi connectivity index (χ0) is 11.4. The first-order chi connectivity index (χ1) is 7.04. The molecule has 15 heavy (non-hydrogen) atoms. The predicted octanol–water partition coefficient (Wildman–Crippen LogP) is 2.77. The summed E-state index contributed by atoms with van der Waals surface area (Å²) in [6.07, 6.45) is 1.68. The molecule has 0 heterocycles. The van der Waals surface area contributed by atoms with Gasteiger partial charge in [-0.25, -0.2) is 13.2 Å². The molecule has 1 atom stereocenters. The number of benzene rings is 1. The molecule has 0 saturated heterocycles. The minimum atomic E-state index is -1.16. The molecular formula is C11H14F3N. The zero-order valence-corrected chi connectivity index (χ0v) is 8.56. The number of aryl methyl sites for hydroxylation is 1. The highest BCUT2D eigenvalue weighted by molar-refractivity contribution is 5.20. The summed E-state index contributed by atoms with van der Waals surface area (Å²) in [5.74, 6) is -2.88. The van der Waals surface area contributed by atoms with E-state index in [9.17, 15) is 13.2 Å². The van der Waals surface area contributed by atoms with E-state index in [0.717, 1.165) is 12.5 Å². The van der Waals surface area contributed by atoms with Crippen molar-refractivity contribution < 1.29 is 13.2 Å². The van der Waals surface area contributed by atoms with E-state index in [1.165, 1.54) is 0 Å². The number of halogens is 3. The average molecular weight is 217 g/mol. The Balaban J connectivity index is 2.73. The largest absolute Gasteiger partial charge is 0.328 e. The fourth-order valence-corrected chi connectivity index (χ4v) is 1.30. The first-order valence-corrected chi connectivity index (χ1v) is 4.93. The fourth-order valence-electron chi connectivity index (χ4n) is 1.30. The van der Waals surface area contributed by atoms with Crippen molar-refractivity contribution in [2.75, 3.05) is 0 Å². The Bertz CT molecular complexity index is 339. The van der Waals surface area contributed by atoms with E-state index >= 15 is 0 Å². The van der Waals surface area contributed by atoms with Crippen LogP contribution in [0, 0.1) is 17.5 Å². The maximum Gasteiger partial charge on any atom is 0.161 e. The Morgan fingerprint density at radius 3 is 2.33 bits per heavy atom. The maximum atomic E-state index is 13.1. The monoisotopic (exact) mass is 217 g/mol. The van der Waals surface area contributed by atoms with Crippen molar-refractivity contribution in [3.63, 3.8) is 0 Å². The van der Waals surface area contributed by atoms with Gasteiger partial charge in [0.15, 0.2) is 11.6 Å². The first-order valence-electron chi connectivity index (χ1n) is 4.93. The molecule has 0 aliphatic heterocycles. The highest BCUT2D eigenvalue weighted by Crippen LogP contribution is 2.15. The van der Waals surface area contributed by atoms with Crippen molar-refractivity contribution in [3.05, 3.63) is 35.1 Å². The van der Waals surface area contributed by atoms with Gasteiger partial charge in [0.25, 0.3) is 0 Å². The van der Waals surface area contributed by atoms with Gasteiger partial charge in [-0.1, -0.05) is 6.92 Å². The number of hydrogen-bond acceptors (Lipinski definition) is 1. The number of nitrogens with two attached hydrogens (primary N) is 1. The van der Waals surface area contributed by atoms with Gasteiger partial charge in [-0.15, -0.1) is 0 Å². The van der Waals surface area contributed by atoms with Crippen LogP contribution in [0.4, 0.5) is 13.2 Å². The quantitative estimate of drug-likeness (QED) is 0.771. The van der Waals surface area contributed by atoms with Gasteiger partial charge in [0.1, 0.15) is 5.82 Å². The average Bonchev–Trinajstić information content (AvgIpc) is 2.21. The van der Waals surface area contributed by atoms with Gasteiger partial charge in [0, 0.05) is 12.1 Å². The molecule has 1 aromatic rings. The lowest BCUT2D eigenvalue weighted by atomic mass is 10.0. The van der Waals surface area contributed by atoms with Crippen molar-refractivity contribution in [2.45, 2.75) is 32.2 Å². The third kappa shape index (κ3) is 3.23. The van der Waals surface area contributed by atoms with Crippen molar-refractivity contribution in [1.82, 2.24) is 0 Å². The molecule has 0 aliphatic carbocycles. The van der Waals surface area contributed by atoms with E-state index in [0.29, 0.717) is 18.9 Å². The van der Waals surface area contributed by atoms with E-state index in [1.807, 2.05) is 6.92 Å². The smallest absolute Gasteiger partial charge is 0.161 e. The van der Waals surface area contributed by atoms with Gasteiger partial charge in [0.2, 0.25) is 0 Å². The number of rotatable bonds is 4. The van der Waals surface area contributed by atoms with Crippen LogP contribution in [0.25, 0.3) is 0 Å². The SMILES string of the molecule is CCC(N)CCc1cc(F)c(F)cc1F. The van der Waals surface area contributed by atoms with Crippen LogP contribution < -0.4 is 5.73 Å². The zero-order valence-electron chi connectivity index (χ0n) is 8.56. The van der Waals surface area contributed by atoms with Gasteiger partial charge in [-0.2, -0.15) is 0 Å². The van der Waals surface area contributed by atoms with E-state index in [4.69, 9.17) is 5.73 Å². The van der Waals surface area contributed by atoms with Crippen LogP contribution in [-0.2, 0) is 6.42 Å². The summed E-state index contributed by atoms with van der Waals surface area (Å²) in [5.41, 5.74) is 5.83. The third-order valence-electron chi connectivity index (χ3n) is 2.40. The maximum absolute atomic E-state index is 13.1. The second-order valence-electron chi connectivity index (χ2n) is 3.56. The van der Waals surface area contributed by atoms with Crippen molar-refractivity contribution in [3.8, 4) is 0 Å². The lowest BCUT2D eigenvalue weighted by Crippen LogP contribution is -2.19. The van der Waals surface area contributed by atoms with E-state index < -0.39 is 17.5 Å². The molecule has 2 N–H and O–H groups in total. The summed E-state index contributed by atoms with van der Waals surface area (Å²) in [7, 11) is 0.